The Morgan fingerprint density at radius 3 is 3.00 bits per heavy atom. The van der Waals surface area contributed by atoms with Crippen molar-refractivity contribution in [3.8, 4) is 11.1 Å². The third kappa shape index (κ3) is 2.24. The number of hydrogen-bond donors (Lipinski definition) is 1. The SMILES string of the molecule is CCn1cc(-c2cscc2Cn2cn[nH]c2=O)cn1. The Bertz CT molecular complexity index is 735. The Labute approximate surface area is 113 Å². The smallest absolute Gasteiger partial charge is 0.277 e. The summed E-state index contributed by atoms with van der Waals surface area (Å²) in [6.07, 6.45) is 5.39. The van der Waals surface area contributed by atoms with Crippen LogP contribution in [0.4, 0.5) is 0 Å². The lowest BCUT2D eigenvalue weighted by molar-refractivity contribution is 0.660. The van der Waals surface area contributed by atoms with Gasteiger partial charge < -0.3 is 0 Å². The predicted octanol–water partition coefficient (Wildman–Crippen LogP) is 1.56. The fourth-order valence-corrected chi connectivity index (χ4v) is 2.80. The zero-order valence-corrected chi connectivity index (χ0v) is 11.2. The van der Waals surface area contributed by atoms with Crippen molar-refractivity contribution in [3.63, 3.8) is 0 Å². The van der Waals surface area contributed by atoms with E-state index in [1.54, 1.807) is 15.9 Å². The minimum Gasteiger partial charge on any atom is -0.277 e. The van der Waals surface area contributed by atoms with Crippen LogP contribution in [0.3, 0.4) is 0 Å². The van der Waals surface area contributed by atoms with Gasteiger partial charge in [0.15, 0.2) is 0 Å². The van der Waals surface area contributed by atoms with Crippen molar-refractivity contribution >= 4 is 11.3 Å². The van der Waals surface area contributed by atoms with Crippen molar-refractivity contribution in [2.75, 3.05) is 0 Å². The highest BCUT2D eigenvalue weighted by molar-refractivity contribution is 7.08. The summed E-state index contributed by atoms with van der Waals surface area (Å²) in [6.45, 7) is 3.42. The maximum atomic E-state index is 11.5. The lowest BCUT2D eigenvalue weighted by atomic mass is 10.1. The molecule has 19 heavy (non-hydrogen) atoms. The molecule has 1 N–H and O–H groups in total. The van der Waals surface area contributed by atoms with Gasteiger partial charge in [0.1, 0.15) is 6.33 Å². The summed E-state index contributed by atoms with van der Waals surface area (Å²) in [5.74, 6) is 0. The lowest BCUT2D eigenvalue weighted by Crippen LogP contribution is -2.16. The maximum absolute atomic E-state index is 11.5. The van der Waals surface area contributed by atoms with Gasteiger partial charge in [0, 0.05) is 23.9 Å². The van der Waals surface area contributed by atoms with Gasteiger partial charge in [-0.3, -0.25) is 9.25 Å². The molecule has 0 aliphatic heterocycles. The van der Waals surface area contributed by atoms with E-state index in [0.717, 1.165) is 23.2 Å². The third-order valence-electron chi connectivity index (χ3n) is 2.97. The fraction of sp³-hybridized carbons (Fsp3) is 0.250. The van der Waals surface area contributed by atoms with Crippen LogP contribution >= 0.6 is 11.3 Å². The lowest BCUT2D eigenvalue weighted by Gasteiger charge is -2.01. The first-order chi connectivity index (χ1) is 9.28. The average molecular weight is 275 g/mol. The largest absolute Gasteiger partial charge is 0.343 e. The zero-order valence-electron chi connectivity index (χ0n) is 10.4. The van der Waals surface area contributed by atoms with Gasteiger partial charge in [-0.25, -0.2) is 9.89 Å². The molecule has 0 amide bonds. The average Bonchev–Trinajstić information content (AvgIpc) is 3.11. The molecule has 0 bridgehead atoms. The predicted molar refractivity (Wildman–Crippen MR) is 73.2 cm³/mol. The summed E-state index contributed by atoms with van der Waals surface area (Å²) in [4.78, 5) is 11.5. The van der Waals surface area contributed by atoms with Crippen LogP contribution in [-0.4, -0.2) is 24.5 Å². The summed E-state index contributed by atoms with van der Waals surface area (Å²) in [7, 11) is 0. The quantitative estimate of drug-likeness (QED) is 0.785. The van der Waals surface area contributed by atoms with E-state index in [1.807, 2.05) is 17.1 Å². The molecule has 0 saturated heterocycles. The van der Waals surface area contributed by atoms with E-state index in [4.69, 9.17) is 0 Å². The van der Waals surface area contributed by atoms with Crippen LogP contribution in [0.1, 0.15) is 12.5 Å². The molecule has 6 nitrogen and oxygen atoms in total. The molecule has 0 unspecified atom stereocenters. The van der Waals surface area contributed by atoms with E-state index >= 15 is 0 Å². The van der Waals surface area contributed by atoms with Crippen molar-refractivity contribution in [1.82, 2.24) is 24.5 Å². The molecule has 3 heterocycles. The van der Waals surface area contributed by atoms with Crippen LogP contribution < -0.4 is 5.69 Å². The second kappa shape index (κ2) is 4.85. The van der Waals surface area contributed by atoms with Crippen LogP contribution in [0, 0.1) is 0 Å². The molecule has 0 spiro atoms. The van der Waals surface area contributed by atoms with Crippen molar-refractivity contribution in [2.45, 2.75) is 20.0 Å². The molecule has 3 aromatic rings. The monoisotopic (exact) mass is 275 g/mol. The minimum atomic E-state index is -0.193. The van der Waals surface area contributed by atoms with Crippen LogP contribution in [0.2, 0.25) is 0 Å². The van der Waals surface area contributed by atoms with Gasteiger partial charge in [-0.1, -0.05) is 0 Å². The number of thiophene rings is 1. The van der Waals surface area contributed by atoms with E-state index in [1.165, 1.54) is 6.33 Å². The molecular weight excluding hydrogens is 262 g/mol. The molecule has 0 saturated carbocycles. The first-order valence-electron chi connectivity index (χ1n) is 5.95. The van der Waals surface area contributed by atoms with Crippen molar-refractivity contribution in [1.29, 1.82) is 0 Å². The van der Waals surface area contributed by atoms with Gasteiger partial charge in [-0.05, 0) is 23.2 Å². The normalized spacial score (nSPS) is 11.0. The number of rotatable bonds is 4. The summed E-state index contributed by atoms with van der Waals surface area (Å²) < 4.78 is 3.44. The molecular formula is C12H13N5OS. The topological polar surface area (TPSA) is 68.5 Å². The van der Waals surface area contributed by atoms with E-state index in [9.17, 15) is 4.79 Å². The minimum absolute atomic E-state index is 0.193. The van der Waals surface area contributed by atoms with Gasteiger partial charge in [0.05, 0.1) is 12.7 Å². The molecule has 98 valence electrons. The van der Waals surface area contributed by atoms with E-state index in [0.29, 0.717) is 6.54 Å². The molecule has 7 heteroatoms. The molecule has 0 fully saturated rings. The molecule has 3 rings (SSSR count). The number of nitrogens with one attached hydrogen (secondary N) is 1. The Hall–Kier alpha value is -2.15. The fourth-order valence-electron chi connectivity index (χ4n) is 1.94. The van der Waals surface area contributed by atoms with E-state index in [2.05, 4.69) is 33.0 Å². The second-order valence-electron chi connectivity index (χ2n) is 4.18. The maximum Gasteiger partial charge on any atom is 0.343 e. The van der Waals surface area contributed by atoms with Gasteiger partial charge in [-0.15, -0.1) is 0 Å². The van der Waals surface area contributed by atoms with Crippen LogP contribution in [-0.2, 0) is 13.1 Å². The van der Waals surface area contributed by atoms with Gasteiger partial charge in [-0.2, -0.15) is 21.5 Å². The van der Waals surface area contributed by atoms with Crippen LogP contribution in [0.5, 0.6) is 0 Å². The molecule has 0 atom stereocenters. The highest BCUT2D eigenvalue weighted by atomic mass is 32.1. The first kappa shape index (κ1) is 11.9. The van der Waals surface area contributed by atoms with E-state index in [-0.39, 0.29) is 5.69 Å². The molecule has 0 aliphatic carbocycles. The van der Waals surface area contributed by atoms with Gasteiger partial charge in [0.2, 0.25) is 0 Å². The van der Waals surface area contributed by atoms with Crippen molar-refractivity contribution in [2.24, 2.45) is 0 Å². The number of H-pyrrole nitrogens is 1. The zero-order chi connectivity index (χ0) is 13.2. The highest BCUT2D eigenvalue weighted by Crippen LogP contribution is 2.27. The Morgan fingerprint density at radius 2 is 2.32 bits per heavy atom. The molecule has 0 aliphatic rings. The Balaban J connectivity index is 1.94. The second-order valence-corrected chi connectivity index (χ2v) is 4.93. The van der Waals surface area contributed by atoms with Crippen molar-refractivity contribution < 1.29 is 0 Å². The summed E-state index contributed by atoms with van der Waals surface area (Å²) in [6, 6.07) is 0. The molecule has 0 radical (unpaired) electrons. The summed E-state index contributed by atoms with van der Waals surface area (Å²) in [5.41, 5.74) is 3.11. The Morgan fingerprint density at radius 1 is 1.42 bits per heavy atom. The highest BCUT2D eigenvalue weighted by Gasteiger charge is 2.10. The number of aromatic nitrogens is 5. The number of aryl methyl sites for hydroxylation is 1. The number of aromatic amines is 1. The van der Waals surface area contributed by atoms with Crippen LogP contribution in [0.15, 0.2) is 34.3 Å². The standard InChI is InChI=1S/C12H13N5OS/c1-2-17-5-9(3-14-17)11-7-19-6-10(11)4-16-8-13-15-12(16)18/h3,5-8H,2,4H2,1H3,(H,15,18). The van der Waals surface area contributed by atoms with Gasteiger partial charge in [0.25, 0.3) is 0 Å². The molecule has 3 aromatic heterocycles. The number of hydrogen-bond acceptors (Lipinski definition) is 4. The van der Waals surface area contributed by atoms with Crippen molar-refractivity contribution in [3.05, 3.63) is 45.5 Å². The third-order valence-corrected chi connectivity index (χ3v) is 3.76. The summed E-state index contributed by atoms with van der Waals surface area (Å²) >= 11 is 1.62. The molecule has 0 aromatic carbocycles. The summed E-state index contributed by atoms with van der Waals surface area (Å²) in [5, 5.41) is 14.5. The number of nitrogens with zero attached hydrogens (tertiary/aromatic N) is 4. The first-order valence-corrected chi connectivity index (χ1v) is 6.90. The Kier molecular flexibility index (Phi) is 3.04. The van der Waals surface area contributed by atoms with E-state index < -0.39 is 0 Å². The van der Waals surface area contributed by atoms with Gasteiger partial charge >= 0.3 is 5.69 Å². The van der Waals surface area contributed by atoms with Crippen LogP contribution in [0.25, 0.3) is 11.1 Å².